The fourth-order valence-electron chi connectivity index (χ4n) is 3.06. The molecule has 6 nitrogen and oxygen atoms in total. The highest BCUT2D eigenvalue weighted by Gasteiger charge is 2.06. The summed E-state index contributed by atoms with van der Waals surface area (Å²) in [4.78, 5) is 24.3. The lowest BCUT2D eigenvalue weighted by atomic mass is 10.2. The minimum Gasteiger partial charge on any atom is -0.493 e. The number of nitrogens with one attached hydrogen (secondary N) is 3. The second-order valence-electron chi connectivity index (χ2n) is 7.35. The van der Waals surface area contributed by atoms with Gasteiger partial charge in [0.1, 0.15) is 5.75 Å². The van der Waals surface area contributed by atoms with Gasteiger partial charge in [-0.05, 0) is 48.4 Å². The van der Waals surface area contributed by atoms with Crippen LogP contribution in [-0.4, -0.2) is 31.5 Å². The first-order valence-corrected chi connectivity index (χ1v) is 10.8. The summed E-state index contributed by atoms with van der Waals surface area (Å²) in [6.45, 7) is 3.34. The Labute approximate surface area is 189 Å². The lowest BCUT2D eigenvalue weighted by Crippen LogP contribution is -2.24. The van der Waals surface area contributed by atoms with Crippen molar-refractivity contribution in [3.05, 3.63) is 90.0 Å². The number of hydrogen-bond acceptors (Lipinski definition) is 4. The number of amides is 2. The molecular formula is C26H29N3O3. The predicted octanol–water partition coefficient (Wildman–Crippen LogP) is 4.50. The van der Waals surface area contributed by atoms with Crippen LogP contribution in [0.25, 0.3) is 0 Å². The summed E-state index contributed by atoms with van der Waals surface area (Å²) in [6.07, 6.45) is 1.71. The minimum atomic E-state index is -0.170. The van der Waals surface area contributed by atoms with E-state index in [1.807, 2.05) is 49.4 Å². The maximum Gasteiger partial charge on any atom is 0.251 e. The summed E-state index contributed by atoms with van der Waals surface area (Å²) < 4.78 is 5.82. The number of benzene rings is 3. The third-order valence-corrected chi connectivity index (χ3v) is 4.76. The standard InChI is InChI=1S/C26H29N3O3/c1-2-16-27-26(31)21-11-13-22(14-12-21)28-19-25(30)29-23-9-6-10-24(18-23)32-17-15-20-7-4-3-5-8-20/h3-14,18,28H,2,15-17,19H2,1H3,(H,27,31)(H,29,30). The number of carbonyl (C=O) groups is 2. The zero-order chi connectivity index (χ0) is 22.6. The van der Waals surface area contributed by atoms with Crippen molar-refractivity contribution in [1.29, 1.82) is 0 Å². The van der Waals surface area contributed by atoms with Gasteiger partial charge in [0.15, 0.2) is 0 Å². The van der Waals surface area contributed by atoms with Crippen LogP contribution in [0.3, 0.4) is 0 Å². The van der Waals surface area contributed by atoms with Gasteiger partial charge >= 0.3 is 0 Å². The zero-order valence-electron chi connectivity index (χ0n) is 18.3. The molecule has 0 spiro atoms. The SMILES string of the molecule is CCCNC(=O)c1ccc(NCC(=O)Nc2cccc(OCCc3ccccc3)c2)cc1. The number of ether oxygens (including phenoxy) is 1. The van der Waals surface area contributed by atoms with Crippen LogP contribution in [0.4, 0.5) is 11.4 Å². The van der Waals surface area contributed by atoms with Gasteiger partial charge in [-0.25, -0.2) is 0 Å². The van der Waals surface area contributed by atoms with E-state index >= 15 is 0 Å². The van der Waals surface area contributed by atoms with Crippen molar-refractivity contribution in [2.24, 2.45) is 0 Å². The van der Waals surface area contributed by atoms with Crippen LogP contribution in [0.15, 0.2) is 78.9 Å². The van der Waals surface area contributed by atoms with Gasteiger partial charge in [0, 0.05) is 36.0 Å². The van der Waals surface area contributed by atoms with Crippen LogP contribution in [0.1, 0.15) is 29.3 Å². The van der Waals surface area contributed by atoms with Gasteiger partial charge in [0.25, 0.3) is 5.91 Å². The average molecular weight is 432 g/mol. The number of carbonyl (C=O) groups excluding carboxylic acids is 2. The normalized spacial score (nSPS) is 10.3. The lowest BCUT2D eigenvalue weighted by molar-refractivity contribution is -0.114. The Balaban J connectivity index is 1.43. The summed E-state index contributed by atoms with van der Waals surface area (Å²) >= 11 is 0. The zero-order valence-corrected chi connectivity index (χ0v) is 18.3. The molecule has 0 heterocycles. The van der Waals surface area contributed by atoms with E-state index < -0.39 is 0 Å². The lowest BCUT2D eigenvalue weighted by Gasteiger charge is -2.11. The Morgan fingerprint density at radius 3 is 2.41 bits per heavy atom. The molecule has 0 atom stereocenters. The van der Waals surface area contributed by atoms with E-state index in [-0.39, 0.29) is 18.4 Å². The molecule has 32 heavy (non-hydrogen) atoms. The highest BCUT2D eigenvalue weighted by Crippen LogP contribution is 2.18. The molecule has 3 aromatic rings. The van der Waals surface area contributed by atoms with Gasteiger partial charge in [-0.2, -0.15) is 0 Å². The summed E-state index contributed by atoms with van der Waals surface area (Å²) in [5.74, 6) is 0.446. The third kappa shape index (κ3) is 7.47. The van der Waals surface area contributed by atoms with E-state index in [0.717, 1.165) is 18.5 Å². The van der Waals surface area contributed by atoms with Crippen molar-refractivity contribution in [2.75, 3.05) is 30.3 Å². The fourth-order valence-corrected chi connectivity index (χ4v) is 3.06. The predicted molar refractivity (Wildman–Crippen MR) is 128 cm³/mol. The topological polar surface area (TPSA) is 79.5 Å². The van der Waals surface area contributed by atoms with Crippen molar-refractivity contribution in [2.45, 2.75) is 19.8 Å². The van der Waals surface area contributed by atoms with Crippen LogP contribution in [0, 0.1) is 0 Å². The summed E-state index contributed by atoms with van der Waals surface area (Å²) in [5, 5.41) is 8.77. The number of hydrogen-bond donors (Lipinski definition) is 3. The molecule has 0 saturated carbocycles. The summed E-state index contributed by atoms with van der Waals surface area (Å²) in [6, 6.07) is 24.6. The van der Waals surface area contributed by atoms with Crippen LogP contribution in [0.5, 0.6) is 5.75 Å². The van der Waals surface area contributed by atoms with Crippen LogP contribution in [-0.2, 0) is 11.2 Å². The van der Waals surface area contributed by atoms with Gasteiger partial charge in [-0.15, -0.1) is 0 Å². The van der Waals surface area contributed by atoms with E-state index in [9.17, 15) is 9.59 Å². The second kappa shape index (κ2) is 12.2. The Bertz CT molecular complexity index is 1000. The molecule has 3 rings (SSSR count). The molecule has 3 aromatic carbocycles. The van der Waals surface area contributed by atoms with E-state index in [1.165, 1.54) is 5.56 Å². The molecule has 0 unspecified atom stereocenters. The molecule has 166 valence electrons. The molecule has 3 N–H and O–H groups in total. The smallest absolute Gasteiger partial charge is 0.251 e. The van der Waals surface area contributed by atoms with Gasteiger partial charge in [0.2, 0.25) is 5.91 Å². The van der Waals surface area contributed by atoms with Crippen molar-refractivity contribution in [3.63, 3.8) is 0 Å². The number of rotatable bonds is 11. The van der Waals surface area contributed by atoms with Gasteiger partial charge in [-0.1, -0.05) is 43.3 Å². The maximum absolute atomic E-state index is 12.3. The summed E-state index contributed by atoms with van der Waals surface area (Å²) in [5.41, 5.74) is 3.26. The van der Waals surface area contributed by atoms with E-state index in [0.29, 0.717) is 30.2 Å². The molecule has 0 bridgehead atoms. The van der Waals surface area contributed by atoms with Crippen LogP contribution >= 0.6 is 0 Å². The third-order valence-electron chi connectivity index (χ3n) is 4.76. The van der Waals surface area contributed by atoms with Crippen molar-refractivity contribution < 1.29 is 14.3 Å². The highest BCUT2D eigenvalue weighted by atomic mass is 16.5. The largest absolute Gasteiger partial charge is 0.493 e. The molecule has 0 aliphatic heterocycles. The van der Waals surface area contributed by atoms with Crippen molar-refractivity contribution in [1.82, 2.24) is 5.32 Å². The Kier molecular flexibility index (Phi) is 8.69. The Hall–Kier alpha value is -3.80. The Morgan fingerprint density at radius 2 is 1.66 bits per heavy atom. The van der Waals surface area contributed by atoms with Crippen molar-refractivity contribution >= 4 is 23.2 Å². The molecule has 0 aliphatic carbocycles. The molecule has 0 aromatic heterocycles. The fraction of sp³-hybridized carbons (Fsp3) is 0.231. The van der Waals surface area contributed by atoms with Gasteiger partial charge in [-0.3, -0.25) is 9.59 Å². The first-order chi connectivity index (χ1) is 15.6. The van der Waals surface area contributed by atoms with E-state index in [1.54, 1.807) is 24.3 Å². The monoisotopic (exact) mass is 431 g/mol. The molecular weight excluding hydrogens is 402 g/mol. The van der Waals surface area contributed by atoms with E-state index in [2.05, 4.69) is 28.1 Å². The van der Waals surface area contributed by atoms with Crippen molar-refractivity contribution in [3.8, 4) is 5.75 Å². The first-order valence-electron chi connectivity index (χ1n) is 10.8. The van der Waals surface area contributed by atoms with Crippen LogP contribution in [0.2, 0.25) is 0 Å². The van der Waals surface area contributed by atoms with Crippen LogP contribution < -0.4 is 20.7 Å². The molecule has 0 fully saturated rings. The first kappa shape index (κ1) is 22.9. The maximum atomic E-state index is 12.3. The highest BCUT2D eigenvalue weighted by molar-refractivity contribution is 5.95. The number of anilines is 2. The quantitative estimate of drug-likeness (QED) is 0.418. The van der Waals surface area contributed by atoms with Gasteiger partial charge in [0.05, 0.1) is 13.2 Å². The molecule has 0 aliphatic rings. The molecule has 6 heteroatoms. The molecule has 0 radical (unpaired) electrons. The Morgan fingerprint density at radius 1 is 0.875 bits per heavy atom. The second-order valence-corrected chi connectivity index (χ2v) is 7.35. The molecule has 0 saturated heterocycles. The average Bonchev–Trinajstić information content (AvgIpc) is 2.82. The summed E-state index contributed by atoms with van der Waals surface area (Å²) in [7, 11) is 0. The van der Waals surface area contributed by atoms with Gasteiger partial charge < -0.3 is 20.7 Å². The van der Waals surface area contributed by atoms with E-state index in [4.69, 9.17) is 4.74 Å². The molecule has 2 amide bonds. The minimum absolute atomic E-state index is 0.0954.